The summed E-state index contributed by atoms with van der Waals surface area (Å²) in [4.78, 5) is 15.0. The van der Waals surface area contributed by atoms with Gasteiger partial charge in [-0.3, -0.25) is 0 Å². The molecule has 2 heterocycles. The molecule has 0 saturated carbocycles. The van der Waals surface area contributed by atoms with E-state index in [-0.39, 0.29) is 0 Å². The van der Waals surface area contributed by atoms with Gasteiger partial charge in [-0.25, -0.2) is 15.0 Å². The summed E-state index contributed by atoms with van der Waals surface area (Å²) in [5, 5.41) is 5.65. The first kappa shape index (κ1) is 25.8. The van der Waals surface area contributed by atoms with E-state index in [1.165, 1.54) is 10.8 Å². The molecule has 0 aliphatic heterocycles. The Kier molecular flexibility index (Phi) is 6.13. The molecule has 0 fully saturated rings. The Balaban J connectivity index is 1.36. The number of fused-ring (bicyclic) bond motifs is 3. The van der Waals surface area contributed by atoms with Gasteiger partial charge in [-0.15, -0.1) is 0 Å². The molecule has 4 nitrogen and oxygen atoms in total. The molecule has 0 amide bonds. The zero-order chi connectivity index (χ0) is 29.6. The molecule has 0 aliphatic carbocycles. The van der Waals surface area contributed by atoms with E-state index in [0.29, 0.717) is 17.5 Å². The normalized spacial score (nSPS) is 11.4. The molecule has 6 aromatic carbocycles. The van der Waals surface area contributed by atoms with Crippen LogP contribution in [0, 0.1) is 6.92 Å². The fourth-order valence-corrected chi connectivity index (χ4v) is 6.09. The first-order chi connectivity index (χ1) is 21.7. The predicted octanol–water partition coefficient (Wildman–Crippen LogP) is 10.5. The van der Waals surface area contributed by atoms with Crippen LogP contribution in [0.2, 0.25) is 0 Å². The second kappa shape index (κ2) is 10.4. The number of aryl methyl sites for hydroxylation is 1. The molecule has 0 unspecified atom stereocenters. The lowest BCUT2D eigenvalue weighted by atomic mass is 9.91. The first-order valence-electron chi connectivity index (χ1n) is 14.6. The van der Waals surface area contributed by atoms with Gasteiger partial charge in [0.1, 0.15) is 11.3 Å². The fourth-order valence-electron chi connectivity index (χ4n) is 6.09. The Morgan fingerprint density at radius 3 is 1.91 bits per heavy atom. The van der Waals surface area contributed by atoms with Crippen molar-refractivity contribution < 1.29 is 4.42 Å². The molecule has 0 N–H and O–H groups in total. The molecule has 208 valence electrons. The standard InChI is InChI=1S/C40H27N3O/c1-3-26-17-19-28-12-9-10-16-33(28)37(26)36-25(2)44-35-22-21-32(24-34(35)36)40-42-38(29-13-5-4-6-14-29)41-39(43-40)31-20-18-27-11-7-8-15-30(27)23-31/h3-24H,1H2,2H3. The van der Waals surface area contributed by atoms with Gasteiger partial charge in [-0.05, 0) is 58.3 Å². The largest absolute Gasteiger partial charge is 0.461 e. The third-order valence-corrected chi connectivity index (χ3v) is 8.23. The van der Waals surface area contributed by atoms with Crippen LogP contribution < -0.4 is 0 Å². The highest BCUT2D eigenvalue weighted by Crippen LogP contribution is 2.42. The zero-order valence-electron chi connectivity index (χ0n) is 24.2. The van der Waals surface area contributed by atoms with Crippen LogP contribution in [0.1, 0.15) is 11.3 Å². The second-order valence-electron chi connectivity index (χ2n) is 10.9. The third kappa shape index (κ3) is 4.36. The molecule has 0 radical (unpaired) electrons. The molecule has 0 spiro atoms. The van der Waals surface area contributed by atoms with E-state index in [0.717, 1.165) is 60.9 Å². The van der Waals surface area contributed by atoms with Crippen molar-refractivity contribution in [3.8, 4) is 45.3 Å². The van der Waals surface area contributed by atoms with Gasteiger partial charge in [0.15, 0.2) is 17.5 Å². The number of benzene rings is 6. The third-order valence-electron chi connectivity index (χ3n) is 8.23. The minimum absolute atomic E-state index is 0.607. The molecule has 0 aliphatic rings. The Bertz CT molecular complexity index is 2370. The Hall–Kier alpha value is -5.87. The molecule has 4 heteroatoms. The van der Waals surface area contributed by atoms with Crippen molar-refractivity contribution in [2.75, 3.05) is 0 Å². The van der Waals surface area contributed by atoms with Crippen LogP contribution in [-0.4, -0.2) is 15.0 Å². The van der Waals surface area contributed by atoms with E-state index in [2.05, 4.69) is 85.4 Å². The van der Waals surface area contributed by atoms with E-state index >= 15 is 0 Å². The highest BCUT2D eigenvalue weighted by atomic mass is 16.3. The molecule has 8 aromatic rings. The Morgan fingerprint density at radius 2 is 1.14 bits per heavy atom. The maximum atomic E-state index is 6.33. The van der Waals surface area contributed by atoms with E-state index in [9.17, 15) is 0 Å². The van der Waals surface area contributed by atoms with Gasteiger partial charge in [0, 0.05) is 33.2 Å². The SMILES string of the molecule is C=Cc1ccc2ccccc2c1-c1c(C)oc2ccc(-c3nc(-c4ccccc4)nc(-c4ccc5ccccc5c4)n3)cc12. The molecule has 0 atom stereocenters. The lowest BCUT2D eigenvalue weighted by Gasteiger charge is -2.12. The van der Waals surface area contributed by atoms with Crippen molar-refractivity contribution in [2.24, 2.45) is 0 Å². The van der Waals surface area contributed by atoms with Crippen molar-refractivity contribution in [3.05, 3.63) is 145 Å². The number of rotatable bonds is 5. The Morgan fingerprint density at radius 1 is 0.523 bits per heavy atom. The van der Waals surface area contributed by atoms with Crippen LogP contribution in [0.4, 0.5) is 0 Å². The van der Waals surface area contributed by atoms with Gasteiger partial charge in [-0.2, -0.15) is 0 Å². The number of nitrogens with zero attached hydrogens (tertiary/aromatic N) is 3. The summed E-state index contributed by atoms with van der Waals surface area (Å²) in [6, 6.07) is 43.6. The summed E-state index contributed by atoms with van der Waals surface area (Å²) >= 11 is 0. The first-order valence-corrected chi connectivity index (χ1v) is 14.6. The Labute approximate surface area is 255 Å². The highest BCUT2D eigenvalue weighted by molar-refractivity contribution is 6.09. The van der Waals surface area contributed by atoms with Gasteiger partial charge in [0.25, 0.3) is 0 Å². The lowest BCUT2D eigenvalue weighted by molar-refractivity contribution is 0.580. The average molecular weight is 566 g/mol. The van der Waals surface area contributed by atoms with Crippen molar-refractivity contribution in [1.82, 2.24) is 15.0 Å². The van der Waals surface area contributed by atoms with Gasteiger partial charge in [-0.1, -0.05) is 116 Å². The highest BCUT2D eigenvalue weighted by Gasteiger charge is 2.20. The molecule has 0 saturated heterocycles. The monoisotopic (exact) mass is 565 g/mol. The lowest BCUT2D eigenvalue weighted by Crippen LogP contribution is -2.00. The van der Waals surface area contributed by atoms with Crippen LogP contribution >= 0.6 is 0 Å². The number of hydrogen-bond donors (Lipinski definition) is 0. The summed E-state index contributed by atoms with van der Waals surface area (Å²) in [6.07, 6.45) is 1.91. The topological polar surface area (TPSA) is 51.8 Å². The zero-order valence-corrected chi connectivity index (χ0v) is 24.2. The van der Waals surface area contributed by atoms with Gasteiger partial charge in [0.2, 0.25) is 0 Å². The van der Waals surface area contributed by atoms with Gasteiger partial charge in [0.05, 0.1) is 0 Å². The van der Waals surface area contributed by atoms with E-state index in [4.69, 9.17) is 19.4 Å². The maximum Gasteiger partial charge on any atom is 0.164 e. The smallest absolute Gasteiger partial charge is 0.164 e. The maximum absolute atomic E-state index is 6.33. The van der Waals surface area contributed by atoms with E-state index < -0.39 is 0 Å². The average Bonchev–Trinajstić information content (AvgIpc) is 3.42. The minimum Gasteiger partial charge on any atom is -0.461 e. The van der Waals surface area contributed by atoms with Crippen molar-refractivity contribution >= 4 is 38.6 Å². The minimum atomic E-state index is 0.607. The predicted molar refractivity (Wildman–Crippen MR) is 181 cm³/mol. The van der Waals surface area contributed by atoms with E-state index in [1.54, 1.807) is 0 Å². The molecular formula is C40H27N3O. The van der Waals surface area contributed by atoms with Crippen LogP contribution in [0.15, 0.2) is 138 Å². The van der Waals surface area contributed by atoms with Crippen molar-refractivity contribution in [2.45, 2.75) is 6.92 Å². The number of furan rings is 1. The summed E-state index contributed by atoms with van der Waals surface area (Å²) in [5.74, 6) is 2.72. The van der Waals surface area contributed by atoms with E-state index in [1.807, 2.05) is 61.5 Å². The molecular weight excluding hydrogens is 538 g/mol. The fraction of sp³-hybridized carbons (Fsp3) is 0.0250. The van der Waals surface area contributed by atoms with Crippen LogP contribution in [-0.2, 0) is 0 Å². The van der Waals surface area contributed by atoms with Crippen LogP contribution in [0.5, 0.6) is 0 Å². The summed E-state index contributed by atoms with van der Waals surface area (Å²) < 4.78 is 6.33. The van der Waals surface area contributed by atoms with Gasteiger partial charge >= 0.3 is 0 Å². The van der Waals surface area contributed by atoms with Crippen molar-refractivity contribution in [1.29, 1.82) is 0 Å². The van der Waals surface area contributed by atoms with Crippen LogP contribution in [0.3, 0.4) is 0 Å². The summed E-state index contributed by atoms with van der Waals surface area (Å²) in [6.45, 7) is 6.15. The molecule has 8 rings (SSSR count). The van der Waals surface area contributed by atoms with Crippen LogP contribution in [0.25, 0.3) is 83.9 Å². The molecule has 2 aromatic heterocycles. The quantitative estimate of drug-likeness (QED) is 0.208. The number of aromatic nitrogens is 3. The van der Waals surface area contributed by atoms with Gasteiger partial charge < -0.3 is 4.42 Å². The second-order valence-corrected chi connectivity index (χ2v) is 10.9. The molecule has 0 bridgehead atoms. The summed E-state index contributed by atoms with van der Waals surface area (Å²) in [5.41, 5.74) is 6.81. The summed E-state index contributed by atoms with van der Waals surface area (Å²) in [7, 11) is 0. The van der Waals surface area contributed by atoms with Crippen molar-refractivity contribution in [3.63, 3.8) is 0 Å². The molecule has 44 heavy (non-hydrogen) atoms. The number of hydrogen-bond acceptors (Lipinski definition) is 4.